The van der Waals surface area contributed by atoms with E-state index >= 15 is 0 Å². The highest BCUT2D eigenvalue weighted by atomic mass is 28.4. The largest absolute Gasteiger partial charge is 0.466 e. The number of carbonyl (C=O) groups excluding carboxylic acids is 1. The minimum absolute atomic E-state index is 0.0140. The maximum absolute atomic E-state index is 12.6. The summed E-state index contributed by atoms with van der Waals surface area (Å²) in [7, 11) is -1.90. The van der Waals surface area contributed by atoms with E-state index in [1.807, 2.05) is 6.92 Å². The zero-order valence-electron chi connectivity index (χ0n) is 20.5. The molecule has 3 nitrogen and oxygen atoms in total. The Labute approximate surface area is 180 Å². The highest BCUT2D eigenvalue weighted by Gasteiger charge is 2.63. The zero-order valence-corrected chi connectivity index (χ0v) is 21.5. The lowest BCUT2D eigenvalue weighted by molar-refractivity contribution is -0.145. The van der Waals surface area contributed by atoms with Crippen molar-refractivity contribution in [1.29, 1.82) is 0 Å². The van der Waals surface area contributed by atoms with Gasteiger partial charge in [-0.15, -0.1) is 0 Å². The van der Waals surface area contributed by atoms with Gasteiger partial charge in [0.2, 0.25) is 0 Å². The van der Waals surface area contributed by atoms with Crippen molar-refractivity contribution < 1.29 is 14.0 Å². The highest BCUT2D eigenvalue weighted by Crippen LogP contribution is 2.69. The van der Waals surface area contributed by atoms with Crippen molar-refractivity contribution in [2.75, 3.05) is 6.61 Å². The molecule has 2 fully saturated rings. The Hall–Kier alpha value is -0.613. The molecule has 0 bridgehead atoms. The summed E-state index contributed by atoms with van der Waals surface area (Å²) in [5, 5.41) is 0.195. The Kier molecular flexibility index (Phi) is 5.74. The minimum atomic E-state index is -1.90. The fourth-order valence-corrected chi connectivity index (χ4v) is 7.94. The topological polar surface area (TPSA) is 35.5 Å². The highest BCUT2D eigenvalue weighted by molar-refractivity contribution is 6.74. The number of hydrogen-bond acceptors (Lipinski definition) is 3. The molecule has 166 valence electrons. The lowest BCUT2D eigenvalue weighted by Gasteiger charge is -2.44. The first-order valence-electron chi connectivity index (χ1n) is 11.7. The van der Waals surface area contributed by atoms with Gasteiger partial charge in [0.1, 0.15) is 0 Å². The molecule has 0 aromatic heterocycles. The van der Waals surface area contributed by atoms with Crippen LogP contribution in [-0.2, 0) is 14.0 Å². The van der Waals surface area contributed by atoms with Gasteiger partial charge in [0, 0.05) is 5.41 Å². The predicted octanol–water partition coefficient (Wildman–Crippen LogP) is 7.03. The molecule has 4 heteroatoms. The van der Waals surface area contributed by atoms with Crippen LogP contribution in [0.25, 0.3) is 0 Å². The quantitative estimate of drug-likeness (QED) is 0.272. The van der Waals surface area contributed by atoms with Crippen LogP contribution in [0.1, 0.15) is 93.4 Å². The summed E-state index contributed by atoms with van der Waals surface area (Å²) >= 11 is 0. The van der Waals surface area contributed by atoms with E-state index in [1.54, 1.807) is 11.1 Å². The number of fused-ring (bicyclic) bond motifs is 2. The van der Waals surface area contributed by atoms with Gasteiger partial charge in [0.05, 0.1) is 19.1 Å². The summed E-state index contributed by atoms with van der Waals surface area (Å²) < 4.78 is 12.6. The average Bonchev–Trinajstić information content (AvgIpc) is 2.88. The van der Waals surface area contributed by atoms with Crippen LogP contribution in [0.5, 0.6) is 0 Å². The number of hydrogen-bond donors (Lipinski definition) is 0. The Bertz CT molecular complexity index is 699. The Morgan fingerprint density at radius 1 is 1.14 bits per heavy atom. The Morgan fingerprint density at radius 2 is 1.79 bits per heavy atom. The smallest absolute Gasteiger partial charge is 0.306 e. The van der Waals surface area contributed by atoms with Gasteiger partial charge in [-0.25, -0.2) is 0 Å². The lowest BCUT2D eigenvalue weighted by Crippen LogP contribution is -2.47. The fraction of sp³-hybridized carbons (Fsp3) is 0.880. The number of esters is 1. The van der Waals surface area contributed by atoms with E-state index < -0.39 is 8.32 Å². The molecule has 0 aromatic rings. The van der Waals surface area contributed by atoms with Gasteiger partial charge >= 0.3 is 5.97 Å². The third kappa shape index (κ3) is 3.89. The second-order valence-electron chi connectivity index (χ2n) is 12.5. The van der Waals surface area contributed by atoms with Gasteiger partial charge in [-0.05, 0) is 73.6 Å². The maximum atomic E-state index is 12.6. The first kappa shape index (κ1) is 23.1. The van der Waals surface area contributed by atoms with Crippen LogP contribution in [0, 0.1) is 16.2 Å². The summed E-state index contributed by atoms with van der Waals surface area (Å²) in [6.07, 6.45) is 7.74. The standard InChI is InChI=1S/C25H44O3Si/c1-10-27-19(26)15-25-14-12-11-13-18(25)20-21(28-29(8,9)22(2,3)4)23(5,6)16-24(20,7)17-25/h21H,10-17H2,1-9H3/t21-,24-,25?/m1/s1. The predicted molar refractivity (Wildman–Crippen MR) is 122 cm³/mol. The van der Waals surface area contributed by atoms with Crippen molar-refractivity contribution in [3.63, 3.8) is 0 Å². The molecule has 3 aliphatic rings. The monoisotopic (exact) mass is 420 g/mol. The third-order valence-corrected chi connectivity index (χ3v) is 12.9. The summed E-state index contributed by atoms with van der Waals surface area (Å²) in [6, 6.07) is 0. The van der Waals surface area contributed by atoms with Crippen LogP contribution in [0.2, 0.25) is 18.1 Å². The van der Waals surface area contributed by atoms with Gasteiger partial charge in [-0.1, -0.05) is 53.5 Å². The van der Waals surface area contributed by atoms with Crippen molar-refractivity contribution in [3.8, 4) is 0 Å². The van der Waals surface area contributed by atoms with Crippen LogP contribution in [0.4, 0.5) is 0 Å². The number of ether oxygens (including phenoxy) is 1. The van der Waals surface area contributed by atoms with E-state index in [9.17, 15) is 4.79 Å². The van der Waals surface area contributed by atoms with Crippen molar-refractivity contribution in [2.45, 2.75) is 118 Å². The van der Waals surface area contributed by atoms with E-state index in [-0.39, 0.29) is 33.4 Å². The molecular formula is C25H44O3Si. The van der Waals surface area contributed by atoms with Crippen LogP contribution in [0.3, 0.4) is 0 Å². The Morgan fingerprint density at radius 3 is 2.38 bits per heavy atom. The number of allylic oxidation sites excluding steroid dienone is 1. The molecule has 0 aliphatic heterocycles. The van der Waals surface area contributed by atoms with E-state index in [1.165, 1.54) is 12.8 Å². The number of carbonyl (C=O) groups is 1. The van der Waals surface area contributed by atoms with Crippen molar-refractivity contribution in [1.82, 2.24) is 0 Å². The van der Waals surface area contributed by atoms with Crippen molar-refractivity contribution in [2.24, 2.45) is 16.2 Å². The second-order valence-corrected chi connectivity index (χ2v) is 17.3. The molecule has 0 radical (unpaired) electrons. The van der Waals surface area contributed by atoms with Crippen LogP contribution in [-0.4, -0.2) is 27.0 Å². The van der Waals surface area contributed by atoms with Gasteiger partial charge in [-0.2, -0.15) is 0 Å². The first-order chi connectivity index (χ1) is 13.2. The van der Waals surface area contributed by atoms with Gasteiger partial charge in [0.15, 0.2) is 8.32 Å². The molecule has 0 N–H and O–H groups in total. The SMILES string of the molecule is CCOC(=O)CC12CCCCC1=C1[C@@H](O[Si](C)(C)C(C)(C)C)C(C)(C)C[C@]1(C)C2. The van der Waals surface area contributed by atoms with Crippen molar-refractivity contribution >= 4 is 14.3 Å². The molecule has 0 saturated heterocycles. The van der Waals surface area contributed by atoms with Crippen LogP contribution < -0.4 is 0 Å². The zero-order chi connectivity index (χ0) is 21.9. The fourth-order valence-electron chi connectivity index (χ4n) is 6.56. The average molecular weight is 421 g/mol. The number of rotatable bonds is 5. The second kappa shape index (κ2) is 7.22. The first-order valence-corrected chi connectivity index (χ1v) is 14.7. The van der Waals surface area contributed by atoms with Crippen molar-refractivity contribution in [3.05, 3.63) is 11.1 Å². The van der Waals surface area contributed by atoms with Gasteiger partial charge < -0.3 is 9.16 Å². The van der Waals surface area contributed by atoms with Crippen LogP contribution in [0.15, 0.2) is 11.1 Å². The molecule has 3 aliphatic carbocycles. The van der Waals surface area contributed by atoms with E-state index in [4.69, 9.17) is 9.16 Å². The molecule has 2 saturated carbocycles. The summed E-state index contributed by atoms with van der Waals surface area (Å²) in [4.78, 5) is 12.6. The Balaban J connectivity index is 2.06. The maximum Gasteiger partial charge on any atom is 0.306 e. The summed E-state index contributed by atoms with van der Waals surface area (Å²) in [6.45, 7) is 21.4. The molecule has 3 rings (SSSR count). The molecule has 0 heterocycles. The molecule has 1 unspecified atom stereocenters. The van der Waals surface area contributed by atoms with Crippen LogP contribution >= 0.6 is 0 Å². The molecule has 3 atom stereocenters. The van der Waals surface area contributed by atoms with Gasteiger partial charge in [-0.3, -0.25) is 4.79 Å². The molecule has 0 amide bonds. The molecule has 29 heavy (non-hydrogen) atoms. The van der Waals surface area contributed by atoms with Gasteiger partial charge in [0.25, 0.3) is 0 Å². The third-order valence-electron chi connectivity index (χ3n) is 8.50. The summed E-state index contributed by atoms with van der Waals surface area (Å²) in [5.74, 6) is -0.0165. The van der Waals surface area contributed by atoms with E-state index in [2.05, 4.69) is 54.6 Å². The molecule has 0 spiro atoms. The minimum Gasteiger partial charge on any atom is -0.466 e. The summed E-state index contributed by atoms with van der Waals surface area (Å²) in [5.41, 5.74) is 3.47. The molecule has 0 aromatic carbocycles. The normalized spacial score (nSPS) is 34.2. The molecular weight excluding hydrogens is 376 g/mol. The van der Waals surface area contributed by atoms with E-state index in [0.717, 1.165) is 25.7 Å². The van der Waals surface area contributed by atoms with E-state index in [0.29, 0.717) is 13.0 Å². The lowest BCUT2D eigenvalue weighted by atomic mass is 9.65.